The number of hydrogen-bond acceptors (Lipinski definition) is 7. The predicted octanol–water partition coefficient (Wildman–Crippen LogP) is 5.20. The molecule has 8 heteroatoms. The van der Waals surface area contributed by atoms with E-state index in [9.17, 15) is 4.79 Å². The molecule has 2 aromatic carbocycles. The molecule has 0 spiro atoms. The van der Waals surface area contributed by atoms with Gasteiger partial charge >= 0.3 is 0 Å². The predicted molar refractivity (Wildman–Crippen MR) is 157 cm³/mol. The number of aliphatic imine (C=N–C) groups is 1. The van der Waals surface area contributed by atoms with Gasteiger partial charge in [0.05, 0.1) is 16.1 Å². The molecule has 0 atom stereocenters. The van der Waals surface area contributed by atoms with Crippen molar-refractivity contribution < 1.29 is 4.79 Å². The highest BCUT2D eigenvalue weighted by molar-refractivity contribution is 8.18. The Bertz CT molecular complexity index is 1420. The molecular formula is C30H34N6OS. The number of fused-ring (bicyclic) bond motifs is 1. The van der Waals surface area contributed by atoms with E-state index in [1.54, 1.807) is 6.33 Å². The van der Waals surface area contributed by atoms with Crippen molar-refractivity contribution in [3.63, 3.8) is 0 Å². The first-order valence-corrected chi connectivity index (χ1v) is 14.5. The van der Waals surface area contributed by atoms with Gasteiger partial charge in [-0.3, -0.25) is 9.69 Å². The molecule has 3 aliphatic heterocycles. The van der Waals surface area contributed by atoms with Crippen molar-refractivity contribution in [3.8, 4) is 11.3 Å². The van der Waals surface area contributed by atoms with Crippen LogP contribution in [0.3, 0.4) is 0 Å². The maximum Gasteiger partial charge on any atom is 0.286 e. The standard InChI is InChI=1S/C30H34N6OS/c1-3-10-34-13-15-35(16-14-34)26-9-7-23(17-21(26)2)28-24-18-22(6-8-25(24)31-20-32-28)19-27-29(37)33-30(38-27)36-11-4-5-12-36/h6-9,17-20H,3-5,10-16H2,1-2H3. The minimum Gasteiger partial charge on any atom is -0.369 e. The lowest BCUT2D eigenvalue weighted by Gasteiger charge is -2.36. The van der Waals surface area contributed by atoms with Gasteiger partial charge in [-0.05, 0) is 86.0 Å². The highest BCUT2D eigenvalue weighted by Gasteiger charge is 2.27. The number of rotatable bonds is 5. The number of amides is 1. The van der Waals surface area contributed by atoms with Gasteiger partial charge in [-0.2, -0.15) is 4.99 Å². The number of nitrogens with zero attached hydrogens (tertiary/aromatic N) is 6. The molecule has 0 aliphatic carbocycles. The van der Waals surface area contributed by atoms with Gasteiger partial charge in [0.2, 0.25) is 0 Å². The van der Waals surface area contributed by atoms with Crippen LogP contribution < -0.4 is 4.90 Å². The number of aryl methyl sites for hydroxylation is 1. The highest BCUT2D eigenvalue weighted by Crippen LogP contribution is 2.34. The molecule has 0 saturated carbocycles. The summed E-state index contributed by atoms with van der Waals surface area (Å²) in [4.78, 5) is 34.1. The van der Waals surface area contributed by atoms with Gasteiger partial charge in [-0.1, -0.05) is 19.1 Å². The van der Waals surface area contributed by atoms with Crippen LogP contribution in [0.25, 0.3) is 28.2 Å². The van der Waals surface area contributed by atoms with Crippen molar-refractivity contribution in [2.75, 3.05) is 50.7 Å². The molecule has 6 rings (SSSR count). The largest absolute Gasteiger partial charge is 0.369 e. The van der Waals surface area contributed by atoms with Crippen LogP contribution >= 0.6 is 11.8 Å². The van der Waals surface area contributed by atoms with Gasteiger partial charge in [0.15, 0.2) is 5.17 Å². The average molecular weight is 527 g/mol. The van der Waals surface area contributed by atoms with Crippen LogP contribution in [-0.2, 0) is 4.79 Å². The summed E-state index contributed by atoms with van der Waals surface area (Å²) in [6, 6.07) is 12.8. The van der Waals surface area contributed by atoms with E-state index in [1.807, 2.05) is 18.2 Å². The molecule has 38 heavy (non-hydrogen) atoms. The Morgan fingerprint density at radius 1 is 0.947 bits per heavy atom. The first-order valence-electron chi connectivity index (χ1n) is 13.7. The van der Waals surface area contributed by atoms with Crippen LogP contribution in [0, 0.1) is 6.92 Å². The number of aromatic nitrogens is 2. The number of anilines is 1. The Hall–Kier alpha value is -3.23. The van der Waals surface area contributed by atoms with Crippen LogP contribution in [0.15, 0.2) is 52.6 Å². The van der Waals surface area contributed by atoms with Gasteiger partial charge in [0.25, 0.3) is 5.91 Å². The van der Waals surface area contributed by atoms with E-state index < -0.39 is 0 Å². The molecule has 196 valence electrons. The number of benzene rings is 2. The third kappa shape index (κ3) is 5.07. The molecule has 1 amide bonds. The number of carbonyl (C=O) groups is 1. The van der Waals surface area contributed by atoms with Gasteiger partial charge in [-0.25, -0.2) is 9.97 Å². The first kappa shape index (κ1) is 25.1. The Balaban J connectivity index is 1.26. The van der Waals surface area contributed by atoms with Crippen molar-refractivity contribution in [3.05, 3.63) is 58.8 Å². The van der Waals surface area contributed by atoms with Crippen molar-refractivity contribution in [1.82, 2.24) is 19.8 Å². The number of thioether (sulfide) groups is 1. The minimum absolute atomic E-state index is 0.150. The Morgan fingerprint density at radius 2 is 1.76 bits per heavy atom. The molecule has 2 saturated heterocycles. The first-order chi connectivity index (χ1) is 18.6. The van der Waals surface area contributed by atoms with Gasteiger partial charge < -0.3 is 9.80 Å². The fraction of sp³-hybridized carbons (Fsp3) is 0.400. The summed E-state index contributed by atoms with van der Waals surface area (Å²) < 4.78 is 0. The lowest BCUT2D eigenvalue weighted by atomic mass is 10.0. The fourth-order valence-electron chi connectivity index (χ4n) is 5.67. The van der Waals surface area contributed by atoms with Crippen molar-refractivity contribution >= 4 is 45.5 Å². The second-order valence-electron chi connectivity index (χ2n) is 10.3. The van der Waals surface area contributed by atoms with Gasteiger partial charge in [0, 0.05) is 55.9 Å². The lowest BCUT2D eigenvalue weighted by molar-refractivity contribution is -0.113. The van der Waals surface area contributed by atoms with Crippen molar-refractivity contribution in [2.45, 2.75) is 33.1 Å². The van der Waals surface area contributed by atoms with Crippen LogP contribution in [-0.4, -0.2) is 76.7 Å². The summed E-state index contributed by atoms with van der Waals surface area (Å²) in [5.74, 6) is -0.150. The number of piperazine rings is 1. The van der Waals surface area contributed by atoms with E-state index in [0.29, 0.717) is 4.91 Å². The molecule has 4 heterocycles. The maximum absolute atomic E-state index is 12.6. The summed E-state index contributed by atoms with van der Waals surface area (Å²) >= 11 is 1.49. The monoisotopic (exact) mass is 526 g/mol. The topological polar surface area (TPSA) is 64.9 Å². The van der Waals surface area contributed by atoms with Gasteiger partial charge in [-0.15, -0.1) is 0 Å². The fourth-order valence-corrected chi connectivity index (χ4v) is 6.64. The molecule has 0 radical (unpaired) electrons. The second-order valence-corrected chi connectivity index (χ2v) is 11.3. The van der Waals surface area contributed by atoms with E-state index in [-0.39, 0.29) is 5.91 Å². The van der Waals surface area contributed by atoms with E-state index >= 15 is 0 Å². The third-order valence-electron chi connectivity index (χ3n) is 7.67. The minimum atomic E-state index is -0.150. The molecule has 2 fully saturated rings. The summed E-state index contributed by atoms with van der Waals surface area (Å²) in [6.07, 6.45) is 7.12. The molecule has 0 unspecified atom stereocenters. The summed E-state index contributed by atoms with van der Waals surface area (Å²) in [5.41, 5.74) is 6.41. The molecule has 0 bridgehead atoms. The summed E-state index contributed by atoms with van der Waals surface area (Å²) in [7, 11) is 0. The van der Waals surface area contributed by atoms with E-state index in [0.717, 1.165) is 85.0 Å². The number of carbonyl (C=O) groups excluding carboxylic acids is 1. The van der Waals surface area contributed by atoms with E-state index in [4.69, 9.17) is 0 Å². The number of hydrogen-bond donors (Lipinski definition) is 0. The number of amidine groups is 1. The molecule has 0 N–H and O–H groups in total. The quantitative estimate of drug-likeness (QED) is 0.423. The zero-order chi connectivity index (χ0) is 26.1. The van der Waals surface area contributed by atoms with Gasteiger partial charge in [0.1, 0.15) is 6.33 Å². The molecular weight excluding hydrogens is 492 g/mol. The van der Waals surface area contributed by atoms with E-state index in [1.165, 1.54) is 36.0 Å². The number of likely N-dealkylation sites (tertiary alicyclic amines) is 1. The third-order valence-corrected chi connectivity index (χ3v) is 8.71. The molecule has 3 aromatic rings. The molecule has 7 nitrogen and oxygen atoms in total. The van der Waals surface area contributed by atoms with Crippen LogP contribution in [0.4, 0.5) is 5.69 Å². The zero-order valence-electron chi connectivity index (χ0n) is 22.2. The Morgan fingerprint density at radius 3 is 2.53 bits per heavy atom. The van der Waals surface area contributed by atoms with Crippen molar-refractivity contribution in [2.24, 2.45) is 4.99 Å². The second kappa shape index (κ2) is 10.9. The van der Waals surface area contributed by atoms with Crippen molar-refractivity contribution in [1.29, 1.82) is 0 Å². The average Bonchev–Trinajstić information content (AvgIpc) is 3.59. The summed E-state index contributed by atoms with van der Waals surface area (Å²) in [5, 5.41) is 1.82. The smallest absolute Gasteiger partial charge is 0.286 e. The Kier molecular flexibility index (Phi) is 7.17. The zero-order valence-corrected chi connectivity index (χ0v) is 23.0. The van der Waals surface area contributed by atoms with Crippen LogP contribution in [0.2, 0.25) is 0 Å². The maximum atomic E-state index is 12.6. The molecule has 3 aliphatic rings. The van der Waals surface area contributed by atoms with Crippen LogP contribution in [0.1, 0.15) is 37.3 Å². The highest BCUT2D eigenvalue weighted by atomic mass is 32.2. The van der Waals surface area contributed by atoms with Crippen LogP contribution in [0.5, 0.6) is 0 Å². The normalized spacial score (nSPS) is 19.7. The SMILES string of the molecule is CCCN1CCN(c2ccc(-c3ncnc4ccc(C=C5SC(N6CCCC6)=NC5=O)cc34)cc2C)CC1. The van der Waals surface area contributed by atoms with E-state index in [2.05, 4.69) is 67.8 Å². The molecule has 1 aromatic heterocycles. The Labute approximate surface area is 228 Å². The lowest BCUT2D eigenvalue weighted by Crippen LogP contribution is -2.46. The summed E-state index contributed by atoms with van der Waals surface area (Å²) in [6.45, 7) is 12.0.